The van der Waals surface area contributed by atoms with Crippen LogP contribution in [0.5, 0.6) is 0 Å². The van der Waals surface area contributed by atoms with Crippen LogP contribution >= 0.6 is 0 Å². The molecular formula is C17H29NO3. The van der Waals surface area contributed by atoms with Gasteiger partial charge in [0.2, 0.25) is 0 Å². The van der Waals surface area contributed by atoms with Crippen molar-refractivity contribution < 1.29 is 15.0 Å². The van der Waals surface area contributed by atoms with Crippen molar-refractivity contribution in [2.75, 3.05) is 6.61 Å². The van der Waals surface area contributed by atoms with E-state index in [0.29, 0.717) is 13.0 Å². The average molecular weight is 295 g/mol. The van der Waals surface area contributed by atoms with Crippen LogP contribution in [0.15, 0.2) is 30.3 Å². The monoisotopic (exact) mass is 295 g/mol. The highest BCUT2D eigenvalue weighted by Crippen LogP contribution is 2.03. The molecule has 0 amide bonds. The maximum absolute atomic E-state index is 10.4. The van der Waals surface area contributed by atoms with Gasteiger partial charge in [0.15, 0.2) is 0 Å². The SMILES string of the molecule is CCCCCCCCO.NC(Cc1ccccc1)C(=O)O. The van der Waals surface area contributed by atoms with E-state index in [9.17, 15) is 4.79 Å². The van der Waals surface area contributed by atoms with Crippen molar-refractivity contribution >= 4 is 5.97 Å². The standard InChI is InChI=1S/C9H11NO2.C8H18O/c10-8(9(11)12)6-7-4-2-1-3-5-7;1-2-3-4-5-6-7-8-9/h1-5,8H,6,10H2,(H,11,12);9H,2-8H2,1H3. The highest BCUT2D eigenvalue weighted by atomic mass is 16.4. The molecule has 4 nitrogen and oxygen atoms in total. The lowest BCUT2D eigenvalue weighted by atomic mass is 10.1. The van der Waals surface area contributed by atoms with E-state index in [1.807, 2.05) is 30.3 Å². The predicted molar refractivity (Wildman–Crippen MR) is 86.2 cm³/mol. The van der Waals surface area contributed by atoms with Crippen LogP contribution in [0.3, 0.4) is 0 Å². The number of aliphatic hydroxyl groups is 1. The summed E-state index contributed by atoms with van der Waals surface area (Å²) < 4.78 is 0. The number of carboxylic acids is 1. The fourth-order valence-corrected chi connectivity index (χ4v) is 1.85. The minimum absolute atomic E-state index is 0.367. The van der Waals surface area contributed by atoms with Gasteiger partial charge in [-0.25, -0.2) is 0 Å². The summed E-state index contributed by atoms with van der Waals surface area (Å²) in [6.07, 6.45) is 7.88. The van der Waals surface area contributed by atoms with Crippen LogP contribution in [0.25, 0.3) is 0 Å². The molecule has 1 aromatic rings. The topological polar surface area (TPSA) is 83.5 Å². The molecule has 0 aliphatic rings. The molecule has 1 atom stereocenters. The Kier molecular flexibility index (Phi) is 12.7. The van der Waals surface area contributed by atoms with Gasteiger partial charge in [0.25, 0.3) is 0 Å². The molecule has 0 saturated carbocycles. The average Bonchev–Trinajstić information content (AvgIpc) is 2.49. The molecule has 0 fully saturated rings. The van der Waals surface area contributed by atoms with E-state index in [0.717, 1.165) is 12.0 Å². The van der Waals surface area contributed by atoms with Crippen LogP contribution in [-0.2, 0) is 11.2 Å². The van der Waals surface area contributed by atoms with Crippen molar-refractivity contribution in [2.24, 2.45) is 5.73 Å². The third kappa shape index (κ3) is 12.1. The van der Waals surface area contributed by atoms with Crippen LogP contribution in [0.4, 0.5) is 0 Å². The van der Waals surface area contributed by atoms with E-state index in [1.54, 1.807) is 0 Å². The van der Waals surface area contributed by atoms with E-state index in [-0.39, 0.29) is 0 Å². The van der Waals surface area contributed by atoms with Crippen LogP contribution < -0.4 is 5.73 Å². The molecule has 0 saturated heterocycles. The summed E-state index contributed by atoms with van der Waals surface area (Å²) >= 11 is 0. The van der Waals surface area contributed by atoms with Gasteiger partial charge in [-0.05, 0) is 18.4 Å². The van der Waals surface area contributed by atoms with E-state index >= 15 is 0 Å². The van der Waals surface area contributed by atoms with Gasteiger partial charge in [0.1, 0.15) is 6.04 Å². The summed E-state index contributed by atoms with van der Waals surface area (Å²) in [4.78, 5) is 10.4. The molecule has 0 aliphatic carbocycles. The highest BCUT2D eigenvalue weighted by molar-refractivity contribution is 5.73. The lowest BCUT2D eigenvalue weighted by Crippen LogP contribution is -2.32. The third-order valence-electron chi connectivity index (χ3n) is 3.13. The lowest BCUT2D eigenvalue weighted by Gasteiger charge is -2.04. The van der Waals surface area contributed by atoms with Crippen molar-refractivity contribution in [3.05, 3.63) is 35.9 Å². The first-order valence-corrected chi connectivity index (χ1v) is 7.75. The van der Waals surface area contributed by atoms with Crippen LogP contribution in [0.1, 0.15) is 51.0 Å². The van der Waals surface area contributed by atoms with Gasteiger partial charge < -0.3 is 15.9 Å². The molecule has 0 radical (unpaired) electrons. The number of carboxylic acid groups (broad SMARTS) is 1. The smallest absolute Gasteiger partial charge is 0.320 e. The van der Waals surface area contributed by atoms with E-state index in [1.165, 1.54) is 32.1 Å². The number of unbranched alkanes of at least 4 members (excludes halogenated alkanes) is 5. The number of carbonyl (C=O) groups is 1. The zero-order valence-electron chi connectivity index (χ0n) is 13.0. The fraction of sp³-hybridized carbons (Fsp3) is 0.588. The number of hydrogen-bond acceptors (Lipinski definition) is 3. The van der Waals surface area contributed by atoms with Crippen molar-refractivity contribution in [3.8, 4) is 0 Å². The van der Waals surface area contributed by atoms with Gasteiger partial charge in [-0.1, -0.05) is 69.4 Å². The second kappa shape index (κ2) is 13.6. The summed E-state index contributed by atoms with van der Waals surface area (Å²) in [6.45, 7) is 2.58. The Labute approximate surface area is 128 Å². The van der Waals surface area contributed by atoms with Gasteiger partial charge in [-0.2, -0.15) is 0 Å². The van der Waals surface area contributed by atoms with Crippen LogP contribution in [0.2, 0.25) is 0 Å². The molecule has 0 aliphatic heterocycles. The molecule has 0 aromatic heterocycles. The minimum Gasteiger partial charge on any atom is -0.480 e. The normalized spacial score (nSPS) is 11.4. The minimum atomic E-state index is -0.959. The molecule has 1 aromatic carbocycles. The second-order valence-corrected chi connectivity index (χ2v) is 5.13. The Balaban J connectivity index is 0.000000400. The number of rotatable bonds is 9. The van der Waals surface area contributed by atoms with Gasteiger partial charge in [-0.3, -0.25) is 4.79 Å². The molecule has 1 unspecified atom stereocenters. The number of hydrogen-bond donors (Lipinski definition) is 3. The molecule has 4 heteroatoms. The fourth-order valence-electron chi connectivity index (χ4n) is 1.85. The number of aliphatic carboxylic acids is 1. The maximum Gasteiger partial charge on any atom is 0.320 e. The Morgan fingerprint density at radius 3 is 2.19 bits per heavy atom. The Bertz CT molecular complexity index is 348. The van der Waals surface area contributed by atoms with Crippen molar-refractivity contribution in [1.82, 2.24) is 0 Å². The number of benzene rings is 1. The van der Waals surface area contributed by atoms with Gasteiger partial charge in [0, 0.05) is 6.61 Å². The second-order valence-electron chi connectivity index (χ2n) is 5.13. The van der Waals surface area contributed by atoms with Crippen LogP contribution in [0, 0.1) is 0 Å². The number of nitrogens with two attached hydrogens (primary N) is 1. The van der Waals surface area contributed by atoms with Crippen molar-refractivity contribution in [2.45, 2.75) is 57.9 Å². The quantitative estimate of drug-likeness (QED) is 0.612. The summed E-state index contributed by atoms with van der Waals surface area (Å²) in [5, 5.41) is 16.9. The molecule has 4 N–H and O–H groups in total. The maximum atomic E-state index is 10.4. The molecule has 120 valence electrons. The molecule has 1 rings (SSSR count). The van der Waals surface area contributed by atoms with Crippen molar-refractivity contribution in [1.29, 1.82) is 0 Å². The Hall–Kier alpha value is -1.39. The third-order valence-corrected chi connectivity index (χ3v) is 3.13. The zero-order chi connectivity index (χ0) is 15.9. The van der Waals surface area contributed by atoms with Gasteiger partial charge in [0.05, 0.1) is 0 Å². The lowest BCUT2D eigenvalue weighted by molar-refractivity contribution is -0.138. The molecule has 0 heterocycles. The summed E-state index contributed by atoms with van der Waals surface area (Å²) in [6, 6.07) is 8.54. The summed E-state index contributed by atoms with van der Waals surface area (Å²) in [5.41, 5.74) is 6.30. The van der Waals surface area contributed by atoms with Crippen LogP contribution in [-0.4, -0.2) is 28.8 Å². The molecule has 21 heavy (non-hydrogen) atoms. The first-order valence-electron chi connectivity index (χ1n) is 7.75. The Morgan fingerprint density at radius 2 is 1.67 bits per heavy atom. The van der Waals surface area contributed by atoms with Gasteiger partial charge >= 0.3 is 5.97 Å². The van der Waals surface area contributed by atoms with E-state index in [4.69, 9.17) is 15.9 Å². The predicted octanol–water partition coefficient (Wildman–Crippen LogP) is 2.98. The van der Waals surface area contributed by atoms with E-state index < -0.39 is 12.0 Å². The van der Waals surface area contributed by atoms with Crippen molar-refractivity contribution in [3.63, 3.8) is 0 Å². The first kappa shape index (κ1) is 19.6. The summed E-state index contributed by atoms with van der Waals surface area (Å²) in [7, 11) is 0. The first-order chi connectivity index (χ1) is 10.1. The van der Waals surface area contributed by atoms with Gasteiger partial charge in [-0.15, -0.1) is 0 Å². The summed E-state index contributed by atoms with van der Waals surface area (Å²) in [5.74, 6) is -0.959. The zero-order valence-corrected chi connectivity index (χ0v) is 13.0. The highest BCUT2D eigenvalue weighted by Gasteiger charge is 2.10. The largest absolute Gasteiger partial charge is 0.480 e. The molecule has 0 bridgehead atoms. The molecule has 0 spiro atoms. The molecular weight excluding hydrogens is 266 g/mol. The van der Waals surface area contributed by atoms with E-state index in [2.05, 4.69) is 6.92 Å². The Morgan fingerprint density at radius 1 is 1.10 bits per heavy atom. The number of aliphatic hydroxyl groups excluding tert-OH is 1.